The van der Waals surface area contributed by atoms with Gasteiger partial charge >= 0.3 is 0 Å². The van der Waals surface area contributed by atoms with Crippen LogP contribution in [0.4, 0.5) is 0 Å². The molecule has 7 heteroatoms. The molecule has 0 aromatic rings. The van der Waals surface area contributed by atoms with Crippen LogP contribution < -0.4 is 0 Å². The second-order valence-corrected chi connectivity index (χ2v) is 5.64. The first-order valence-corrected chi connectivity index (χ1v) is 7.63. The van der Waals surface area contributed by atoms with Crippen molar-refractivity contribution in [1.29, 1.82) is 0 Å². The summed E-state index contributed by atoms with van der Waals surface area (Å²) in [6.45, 7) is 1.71. The highest BCUT2D eigenvalue weighted by Gasteiger charge is 2.09. The summed E-state index contributed by atoms with van der Waals surface area (Å²) in [4.78, 5) is 14.9. The van der Waals surface area contributed by atoms with Crippen molar-refractivity contribution in [3.8, 4) is 0 Å². The highest BCUT2D eigenvalue weighted by atomic mass is 79.9. The molecule has 0 unspecified atom stereocenters. The fraction of sp³-hybridized carbons (Fsp3) is 0.300. The summed E-state index contributed by atoms with van der Waals surface area (Å²) < 4.78 is 25.6. The van der Waals surface area contributed by atoms with Crippen LogP contribution in [0.5, 0.6) is 0 Å². The number of nitrogens with zero attached hydrogens (tertiary/aromatic N) is 2. The van der Waals surface area contributed by atoms with Gasteiger partial charge in [0.25, 0.3) is 15.9 Å². The zero-order valence-electron chi connectivity index (χ0n) is 9.34. The molecule has 1 aliphatic carbocycles. The summed E-state index contributed by atoms with van der Waals surface area (Å²) in [5.74, 6) is -0.294. The Bertz CT molecular complexity index is 556. The topological polar surface area (TPSA) is 75.9 Å². The van der Waals surface area contributed by atoms with Crippen LogP contribution >= 0.6 is 15.9 Å². The Kier molecular flexibility index (Phi) is 4.53. The lowest BCUT2D eigenvalue weighted by Crippen LogP contribution is -2.10. The molecule has 0 saturated carbocycles. The number of rotatable bonds is 2. The highest BCUT2D eigenvalue weighted by molar-refractivity contribution is 9.09. The molecule has 0 bridgehead atoms. The van der Waals surface area contributed by atoms with Gasteiger partial charge in [0.2, 0.25) is 0 Å². The first-order valence-electron chi connectivity index (χ1n) is 4.66. The van der Waals surface area contributed by atoms with Crippen LogP contribution in [0.2, 0.25) is 0 Å². The number of hydrogen-bond donors (Lipinski definition) is 0. The second kappa shape index (κ2) is 5.50. The third-order valence-corrected chi connectivity index (χ3v) is 2.82. The smallest absolute Gasteiger partial charge is 0.256 e. The van der Waals surface area contributed by atoms with Gasteiger partial charge in [-0.25, -0.2) is 13.4 Å². The minimum Gasteiger partial charge on any atom is -0.272 e. The van der Waals surface area contributed by atoms with Gasteiger partial charge < -0.3 is 0 Å². The van der Waals surface area contributed by atoms with Crippen LogP contribution in [0.1, 0.15) is 6.92 Å². The number of hydrogen-bond acceptors (Lipinski definition) is 3. The fourth-order valence-electron chi connectivity index (χ4n) is 1.16. The molecule has 5 nitrogen and oxygen atoms in total. The molecule has 0 aromatic carbocycles. The van der Waals surface area contributed by atoms with Crippen LogP contribution in [0.15, 0.2) is 33.2 Å². The van der Waals surface area contributed by atoms with Crippen LogP contribution in [0.3, 0.4) is 0 Å². The van der Waals surface area contributed by atoms with E-state index in [2.05, 4.69) is 25.3 Å². The van der Waals surface area contributed by atoms with E-state index in [4.69, 9.17) is 0 Å². The number of amides is 1. The Morgan fingerprint density at radius 1 is 1.41 bits per heavy atom. The minimum absolute atomic E-state index is 0.154. The largest absolute Gasteiger partial charge is 0.272 e. The summed E-state index contributed by atoms with van der Waals surface area (Å²) in [5, 5.41) is 0.154. The molecule has 0 saturated heterocycles. The lowest BCUT2D eigenvalue weighted by Gasteiger charge is -2.06. The van der Waals surface area contributed by atoms with Gasteiger partial charge in [0.05, 0.1) is 23.0 Å². The van der Waals surface area contributed by atoms with Crippen molar-refractivity contribution >= 4 is 43.3 Å². The Hall–Kier alpha value is -1.08. The number of halogens is 1. The van der Waals surface area contributed by atoms with E-state index in [1.807, 2.05) is 0 Å². The van der Waals surface area contributed by atoms with Crippen molar-refractivity contribution in [1.82, 2.24) is 0 Å². The molecule has 1 amide bonds. The van der Waals surface area contributed by atoms with E-state index in [0.29, 0.717) is 17.0 Å². The van der Waals surface area contributed by atoms with Crippen LogP contribution in [0.25, 0.3) is 0 Å². The molecule has 0 N–H and O–H groups in total. The van der Waals surface area contributed by atoms with Crippen molar-refractivity contribution < 1.29 is 13.2 Å². The van der Waals surface area contributed by atoms with Crippen LogP contribution in [-0.2, 0) is 14.8 Å². The third-order valence-electron chi connectivity index (χ3n) is 1.81. The second-order valence-electron chi connectivity index (χ2n) is 3.43. The van der Waals surface area contributed by atoms with Gasteiger partial charge in [-0.15, -0.1) is 0 Å². The fourth-order valence-corrected chi connectivity index (χ4v) is 1.85. The average Bonchev–Trinajstić information content (AvgIpc) is 2.20. The minimum atomic E-state index is -3.42. The highest BCUT2D eigenvalue weighted by Crippen LogP contribution is 2.09. The summed E-state index contributed by atoms with van der Waals surface area (Å²) in [7, 11) is -3.42. The first-order chi connectivity index (χ1) is 7.81. The van der Waals surface area contributed by atoms with Gasteiger partial charge in [0, 0.05) is 0 Å². The van der Waals surface area contributed by atoms with E-state index in [9.17, 15) is 13.2 Å². The SMILES string of the molecule is CC1=CC(=NC(=O)CBr)C=C/C1=N\S(C)(=O)=O. The van der Waals surface area contributed by atoms with Gasteiger partial charge in [-0.3, -0.25) is 4.79 Å². The zero-order valence-corrected chi connectivity index (χ0v) is 11.7. The molecule has 92 valence electrons. The quantitative estimate of drug-likeness (QED) is 0.568. The molecule has 1 rings (SSSR count). The van der Waals surface area contributed by atoms with E-state index in [0.717, 1.165) is 6.26 Å². The number of alkyl halides is 1. The Balaban J connectivity index is 3.03. The molecule has 0 aliphatic heterocycles. The van der Waals surface area contributed by atoms with E-state index < -0.39 is 10.0 Å². The van der Waals surface area contributed by atoms with E-state index >= 15 is 0 Å². The number of carbonyl (C=O) groups is 1. The first kappa shape index (κ1) is 14.0. The van der Waals surface area contributed by atoms with Gasteiger partial charge in [-0.1, -0.05) is 15.9 Å². The monoisotopic (exact) mass is 318 g/mol. The summed E-state index contributed by atoms with van der Waals surface area (Å²) in [6, 6.07) is 0. The van der Waals surface area contributed by atoms with Gasteiger partial charge in [-0.05, 0) is 30.7 Å². The zero-order chi connectivity index (χ0) is 13.1. The Morgan fingerprint density at radius 3 is 2.53 bits per heavy atom. The number of carbonyl (C=O) groups excluding carboxylic acids is 1. The maximum absolute atomic E-state index is 11.1. The summed E-state index contributed by atoms with van der Waals surface area (Å²) in [5.41, 5.74) is 1.50. The number of allylic oxidation sites excluding steroid dienone is 4. The van der Waals surface area contributed by atoms with Gasteiger partial charge in [0.1, 0.15) is 0 Å². The molecule has 0 fully saturated rings. The number of aliphatic imine (C=N–C) groups is 1. The molecule has 0 aromatic heterocycles. The van der Waals surface area contributed by atoms with Crippen LogP contribution in [-0.4, -0.2) is 37.3 Å². The van der Waals surface area contributed by atoms with Gasteiger partial charge in [0.15, 0.2) is 0 Å². The van der Waals surface area contributed by atoms with E-state index in [1.54, 1.807) is 19.1 Å². The number of sulfonamides is 1. The maximum Gasteiger partial charge on any atom is 0.256 e. The lowest BCUT2D eigenvalue weighted by molar-refractivity contribution is -0.115. The van der Waals surface area contributed by atoms with E-state index in [-0.39, 0.29) is 11.2 Å². The van der Waals surface area contributed by atoms with Crippen molar-refractivity contribution in [3.05, 3.63) is 23.8 Å². The molecule has 1 aliphatic rings. The summed E-state index contributed by atoms with van der Waals surface area (Å²) >= 11 is 3.00. The third kappa shape index (κ3) is 4.74. The average molecular weight is 319 g/mol. The molecule has 0 spiro atoms. The standard InChI is InChI=1S/C10H11BrN2O3S/c1-7-5-8(12-10(14)6-11)3-4-9(7)13-17(2,15)16/h3-5H,6H2,1-2H3/b12-8?,13-9+. The van der Waals surface area contributed by atoms with E-state index in [1.165, 1.54) is 6.08 Å². The normalized spacial score (nSPS) is 20.8. The Labute approximate surface area is 108 Å². The van der Waals surface area contributed by atoms with Crippen molar-refractivity contribution in [2.24, 2.45) is 9.39 Å². The molecule has 0 heterocycles. The van der Waals surface area contributed by atoms with Crippen molar-refractivity contribution in [3.63, 3.8) is 0 Å². The molecule has 0 radical (unpaired) electrons. The predicted octanol–water partition coefficient (Wildman–Crippen LogP) is 1.27. The molecular weight excluding hydrogens is 308 g/mol. The molecule has 0 atom stereocenters. The predicted molar refractivity (Wildman–Crippen MR) is 71.4 cm³/mol. The van der Waals surface area contributed by atoms with Crippen LogP contribution in [0, 0.1) is 0 Å². The lowest BCUT2D eigenvalue weighted by atomic mass is 10.0. The van der Waals surface area contributed by atoms with Gasteiger partial charge in [-0.2, -0.15) is 4.40 Å². The maximum atomic E-state index is 11.1. The Morgan fingerprint density at radius 2 is 2.06 bits per heavy atom. The molecule has 17 heavy (non-hydrogen) atoms. The van der Waals surface area contributed by atoms with Crippen molar-refractivity contribution in [2.45, 2.75) is 6.92 Å². The van der Waals surface area contributed by atoms with Crippen molar-refractivity contribution in [2.75, 3.05) is 11.6 Å². The molecular formula is C10H11BrN2O3S. The summed E-state index contributed by atoms with van der Waals surface area (Å²) in [6.07, 6.45) is 5.72.